The number of nitrogens with zero attached hydrogens (tertiary/aromatic N) is 6. The van der Waals surface area contributed by atoms with Gasteiger partial charge in [-0.3, -0.25) is 14.3 Å². The molecule has 0 fully saturated rings. The van der Waals surface area contributed by atoms with E-state index in [1.54, 1.807) is 19.3 Å². The summed E-state index contributed by atoms with van der Waals surface area (Å²) in [6, 6.07) is 2.84. The zero-order valence-corrected chi connectivity index (χ0v) is 17.8. The lowest BCUT2D eigenvalue weighted by atomic mass is 10.2. The number of aryl methyl sites for hydroxylation is 1. The van der Waals surface area contributed by atoms with E-state index in [9.17, 15) is 14.0 Å². The van der Waals surface area contributed by atoms with Crippen LogP contribution in [0.2, 0.25) is 10.3 Å². The predicted octanol–water partition coefficient (Wildman–Crippen LogP) is 3.92. The first-order valence-corrected chi connectivity index (χ1v) is 9.45. The van der Waals surface area contributed by atoms with Gasteiger partial charge in [-0.1, -0.05) is 23.2 Å². The average Bonchev–Trinajstić information content (AvgIpc) is 3.10. The number of anilines is 1. The van der Waals surface area contributed by atoms with Gasteiger partial charge in [0.25, 0.3) is 11.1 Å². The highest BCUT2D eigenvalue weighted by atomic mass is 35.5. The molecule has 0 unspecified atom stereocenters. The second-order valence-corrected chi connectivity index (χ2v) is 6.99. The lowest BCUT2D eigenvalue weighted by Crippen LogP contribution is -2.14. The van der Waals surface area contributed by atoms with Crippen LogP contribution in [0.15, 0.2) is 43.1 Å². The zero-order chi connectivity index (χ0) is 22.5. The van der Waals surface area contributed by atoms with Crippen LogP contribution in [0.3, 0.4) is 0 Å². The van der Waals surface area contributed by atoms with Gasteiger partial charge in [-0.25, -0.2) is 24.3 Å². The standard InChI is InChI=1S/C13H9ClFN5O.C5H2Cl2N2O/c1-20-6-7-2-8(3-9(15)12(7)19-20)18-13(21)10-4-17-11(14)5-16-10;6-4-2-8-3(1-9-4)5(7)10/h2-6H,1H3,(H,18,21);1-2H. The van der Waals surface area contributed by atoms with Gasteiger partial charge in [0.15, 0.2) is 5.82 Å². The van der Waals surface area contributed by atoms with Gasteiger partial charge < -0.3 is 5.32 Å². The van der Waals surface area contributed by atoms with Crippen molar-refractivity contribution < 1.29 is 14.0 Å². The predicted molar refractivity (Wildman–Crippen MR) is 113 cm³/mol. The SMILES string of the molecule is Cn1cc2cc(NC(=O)c3cnc(Cl)cn3)cc(F)c2n1.O=C(Cl)c1cnc(Cl)cn1. The van der Waals surface area contributed by atoms with Crippen LogP contribution in [0.5, 0.6) is 0 Å². The van der Waals surface area contributed by atoms with Gasteiger partial charge in [-0.2, -0.15) is 5.10 Å². The first-order valence-electron chi connectivity index (χ1n) is 8.32. The highest BCUT2D eigenvalue weighted by Crippen LogP contribution is 2.22. The Labute approximate surface area is 189 Å². The lowest BCUT2D eigenvalue weighted by molar-refractivity contribution is 0.102. The molecule has 1 amide bonds. The zero-order valence-electron chi connectivity index (χ0n) is 15.6. The highest BCUT2D eigenvalue weighted by molar-refractivity contribution is 6.67. The van der Waals surface area contributed by atoms with Crippen molar-refractivity contribution in [1.82, 2.24) is 29.7 Å². The minimum atomic E-state index is -0.635. The van der Waals surface area contributed by atoms with E-state index in [1.807, 2.05) is 0 Å². The molecule has 0 radical (unpaired) electrons. The fraction of sp³-hybridized carbons (Fsp3) is 0.0556. The molecular formula is C18H11Cl3FN7O2. The molecular weight excluding hydrogens is 472 g/mol. The molecule has 0 saturated carbocycles. The van der Waals surface area contributed by atoms with Gasteiger partial charge in [0, 0.05) is 24.3 Å². The molecule has 0 aliphatic carbocycles. The minimum absolute atomic E-state index is 0.0890. The van der Waals surface area contributed by atoms with E-state index in [-0.39, 0.29) is 27.2 Å². The molecule has 0 saturated heterocycles. The quantitative estimate of drug-likeness (QED) is 0.440. The van der Waals surface area contributed by atoms with E-state index in [4.69, 9.17) is 34.8 Å². The highest BCUT2D eigenvalue weighted by Gasteiger charge is 2.12. The van der Waals surface area contributed by atoms with E-state index in [1.165, 1.54) is 35.5 Å². The Morgan fingerprint density at radius 1 is 0.968 bits per heavy atom. The van der Waals surface area contributed by atoms with Crippen LogP contribution in [0.1, 0.15) is 21.0 Å². The summed E-state index contributed by atoms with van der Waals surface area (Å²) in [5.41, 5.74) is 0.758. The third kappa shape index (κ3) is 5.91. The van der Waals surface area contributed by atoms with Crippen LogP contribution in [-0.4, -0.2) is 40.9 Å². The Hall–Kier alpha value is -3.21. The Kier molecular flexibility index (Phi) is 7.06. The van der Waals surface area contributed by atoms with E-state index in [2.05, 4.69) is 30.4 Å². The normalized spacial score (nSPS) is 10.4. The molecule has 9 nitrogen and oxygen atoms in total. The van der Waals surface area contributed by atoms with Crippen LogP contribution in [0.25, 0.3) is 10.9 Å². The summed E-state index contributed by atoms with van der Waals surface area (Å²) in [7, 11) is 1.70. The molecule has 1 N–H and O–H groups in total. The molecule has 4 rings (SSSR count). The molecule has 0 spiro atoms. The second-order valence-electron chi connectivity index (χ2n) is 5.88. The maximum Gasteiger partial charge on any atom is 0.275 e. The molecule has 3 aromatic heterocycles. The maximum absolute atomic E-state index is 13.9. The molecule has 0 aliphatic heterocycles. The minimum Gasteiger partial charge on any atom is -0.320 e. The summed E-state index contributed by atoms with van der Waals surface area (Å²) in [5.74, 6) is -1.01. The van der Waals surface area contributed by atoms with Crippen molar-refractivity contribution in [1.29, 1.82) is 0 Å². The Bertz CT molecular complexity index is 1250. The Balaban J connectivity index is 0.000000229. The monoisotopic (exact) mass is 481 g/mol. The van der Waals surface area contributed by atoms with E-state index in [0.29, 0.717) is 11.1 Å². The van der Waals surface area contributed by atoms with Crippen LogP contribution >= 0.6 is 34.8 Å². The van der Waals surface area contributed by atoms with Crippen molar-refractivity contribution in [3.63, 3.8) is 0 Å². The van der Waals surface area contributed by atoms with Crippen molar-refractivity contribution in [2.24, 2.45) is 7.05 Å². The Morgan fingerprint density at radius 2 is 1.58 bits per heavy atom. The van der Waals surface area contributed by atoms with Crippen LogP contribution in [-0.2, 0) is 7.05 Å². The number of fused-ring (bicyclic) bond motifs is 1. The van der Waals surface area contributed by atoms with E-state index < -0.39 is 17.0 Å². The summed E-state index contributed by atoms with van der Waals surface area (Å²) in [6.07, 6.45) is 6.66. The Morgan fingerprint density at radius 3 is 2.13 bits per heavy atom. The van der Waals surface area contributed by atoms with E-state index in [0.717, 1.165) is 0 Å². The average molecular weight is 483 g/mol. The van der Waals surface area contributed by atoms with Gasteiger partial charge in [-0.05, 0) is 23.7 Å². The number of carbonyl (C=O) groups excluding carboxylic acids is 2. The first kappa shape index (κ1) is 22.5. The summed E-state index contributed by atoms with van der Waals surface area (Å²) < 4.78 is 15.4. The van der Waals surface area contributed by atoms with Crippen molar-refractivity contribution in [2.75, 3.05) is 5.32 Å². The lowest BCUT2D eigenvalue weighted by Gasteiger charge is -2.05. The number of halogens is 4. The molecule has 4 aromatic rings. The number of carbonyl (C=O) groups is 2. The second kappa shape index (κ2) is 9.73. The number of rotatable bonds is 3. The number of benzene rings is 1. The third-order valence-corrected chi connectivity index (χ3v) is 4.19. The largest absolute Gasteiger partial charge is 0.320 e. The number of hydrogen-bond acceptors (Lipinski definition) is 7. The molecule has 158 valence electrons. The van der Waals surface area contributed by atoms with Crippen molar-refractivity contribution in [3.8, 4) is 0 Å². The number of aromatic nitrogens is 6. The molecule has 0 aliphatic rings. The van der Waals surface area contributed by atoms with Gasteiger partial charge in [0.2, 0.25) is 0 Å². The first-order chi connectivity index (χ1) is 14.7. The van der Waals surface area contributed by atoms with Gasteiger partial charge in [-0.15, -0.1) is 0 Å². The van der Waals surface area contributed by atoms with Crippen LogP contribution in [0.4, 0.5) is 10.1 Å². The van der Waals surface area contributed by atoms with Crippen molar-refractivity contribution >= 4 is 62.5 Å². The molecule has 13 heteroatoms. The summed E-state index contributed by atoms with van der Waals surface area (Å²) in [4.78, 5) is 37.2. The van der Waals surface area contributed by atoms with Crippen LogP contribution in [0, 0.1) is 5.82 Å². The maximum atomic E-state index is 13.9. The molecule has 1 aromatic carbocycles. The van der Waals surface area contributed by atoms with Gasteiger partial charge >= 0.3 is 0 Å². The molecule has 31 heavy (non-hydrogen) atoms. The fourth-order valence-corrected chi connectivity index (χ4v) is 2.62. The molecule has 0 bridgehead atoms. The number of nitrogens with one attached hydrogen (secondary N) is 1. The fourth-order valence-electron chi connectivity index (χ4n) is 2.32. The van der Waals surface area contributed by atoms with Gasteiger partial charge in [0.1, 0.15) is 27.2 Å². The summed E-state index contributed by atoms with van der Waals surface area (Å²) >= 11 is 16.1. The molecule has 0 atom stereocenters. The summed E-state index contributed by atoms with van der Waals surface area (Å²) in [6.45, 7) is 0. The summed E-state index contributed by atoms with van der Waals surface area (Å²) in [5, 5.41) is 6.94. The smallest absolute Gasteiger partial charge is 0.275 e. The van der Waals surface area contributed by atoms with E-state index >= 15 is 0 Å². The number of hydrogen-bond donors (Lipinski definition) is 1. The topological polar surface area (TPSA) is 116 Å². The third-order valence-electron chi connectivity index (χ3n) is 3.61. The van der Waals surface area contributed by atoms with Crippen molar-refractivity contribution in [3.05, 3.63) is 70.6 Å². The van der Waals surface area contributed by atoms with Crippen LogP contribution < -0.4 is 5.32 Å². The van der Waals surface area contributed by atoms with Gasteiger partial charge in [0.05, 0.1) is 24.8 Å². The molecule has 3 heterocycles. The van der Waals surface area contributed by atoms with Crippen molar-refractivity contribution in [2.45, 2.75) is 0 Å². The number of amides is 1.